The van der Waals surface area contributed by atoms with Gasteiger partial charge < -0.3 is 10.5 Å². The van der Waals surface area contributed by atoms with Crippen molar-refractivity contribution in [3.8, 4) is 0 Å². The summed E-state index contributed by atoms with van der Waals surface area (Å²) in [6, 6.07) is 0. The number of hydrogen-bond acceptors (Lipinski definition) is 4. The summed E-state index contributed by atoms with van der Waals surface area (Å²) < 4.78 is 33.3. The zero-order valence-electron chi connectivity index (χ0n) is 12.2. The Morgan fingerprint density at radius 1 is 1.42 bits per heavy atom. The molecule has 1 aliphatic rings. The summed E-state index contributed by atoms with van der Waals surface area (Å²) in [7, 11) is -0.330. The van der Waals surface area contributed by atoms with Crippen LogP contribution in [0.25, 0.3) is 0 Å². The molecule has 0 aromatic heterocycles. The van der Waals surface area contributed by atoms with Crippen LogP contribution in [0.4, 0.5) is 0 Å². The molecule has 0 aromatic rings. The third-order valence-electron chi connectivity index (χ3n) is 4.20. The molecule has 0 heterocycles. The number of likely N-dealkylation sites (N-methyl/N-ethyl adjacent to an activating group) is 1. The van der Waals surface area contributed by atoms with Crippen LogP contribution in [0.2, 0.25) is 0 Å². The Morgan fingerprint density at radius 3 is 2.47 bits per heavy atom. The van der Waals surface area contributed by atoms with Gasteiger partial charge in [0.2, 0.25) is 0 Å². The van der Waals surface area contributed by atoms with Gasteiger partial charge >= 0.3 is 0 Å². The van der Waals surface area contributed by atoms with Crippen LogP contribution in [-0.4, -0.2) is 52.1 Å². The van der Waals surface area contributed by atoms with E-state index in [0.29, 0.717) is 19.1 Å². The van der Waals surface area contributed by atoms with Gasteiger partial charge in [0, 0.05) is 32.8 Å². The third-order valence-corrected chi connectivity index (χ3v) is 5.88. The van der Waals surface area contributed by atoms with Gasteiger partial charge in [0.15, 0.2) is 0 Å². The molecule has 1 rings (SSSR count). The van der Waals surface area contributed by atoms with Gasteiger partial charge in [0.05, 0.1) is 6.61 Å². The minimum Gasteiger partial charge on any atom is -0.383 e. The van der Waals surface area contributed by atoms with Crippen LogP contribution in [0.15, 0.2) is 0 Å². The van der Waals surface area contributed by atoms with Crippen molar-refractivity contribution in [2.75, 3.05) is 33.9 Å². The first-order valence-corrected chi connectivity index (χ1v) is 8.24. The summed E-state index contributed by atoms with van der Waals surface area (Å²) in [5.41, 5.74) is 5.44. The van der Waals surface area contributed by atoms with Crippen LogP contribution in [-0.2, 0) is 14.9 Å². The fourth-order valence-corrected chi connectivity index (χ4v) is 3.87. The van der Waals surface area contributed by atoms with Crippen molar-refractivity contribution in [3.05, 3.63) is 0 Å². The molecule has 0 unspecified atom stereocenters. The Balaban J connectivity index is 2.74. The maximum absolute atomic E-state index is 12.3. The Labute approximate surface area is 116 Å². The van der Waals surface area contributed by atoms with Crippen molar-refractivity contribution >= 4 is 10.2 Å². The summed E-state index contributed by atoms with van der Waals surface area (Å²) in [4.78, 5) is 0. The van der Waals surface area contributed by atoms with Gasteiger partial charge in [0.25, 0.3) is 10.2 Å². The van der Waals surface area contributed by atoms with Gasteiger partial charge in [-0.1, -0.05) is 6.92 Å². The number of rotatable bonds is 7. The molecule has 0 spiro atoms. The molecule has 0 aliphatic heterocycles. The van der Waals surface area contributed by atoms with E-state index in [1.807, 2.05) is 0 Å². The van der Waals surface area contributed by atoms with Gasteiger partial charge in [-0.05, 0) is 31.6 Å². The van der Waals surface area contributed by atoms with Crippen molar-refractivity contribution in [2.45, 2.75) is 38.1 Å². The van der Waals surface area contributed by atoms with E-state index in [9.17, 15) is 8.42 Å². The van der Waals surface area contributed by atoms with Gasteiger partial charge in [-0.2, -0.15) is 17.4 Å². The number of nitrogens with two attached hydrogens (primary N) is 1. The molecule has 1 fully saturated rings. The van der Waals surface area contributed by atoms with Crippen molar-refractivity contribution in [1.82, 2.24) is 9.03 Å². The van der Waals surface area contributed by atoms with Gasteiger partial charge in [-0.15, -0.1) is 0 Å². The molecule has 7 heteroatoms. The zero-order chi connectivity index (χ0) is 14.5. The van der Waals surface area contributed by atoms with E-state index in [0.717, 1.165) is 25.7 Å². The van der Waals surface area contributed by atoms with E-state index in [4.69, 9.17) is 10.5 Å². The molecule has 6 nitrogen and oxygen atoms in total. The Hall–Kier alpha value is -0.210. The number of methoxy groups -OCH3 is 1. The van der Waals surface area contributed by atoms with Crippen LogP contribution in [0.1, 0.15) is 32.6 Å². The maximum atomic E-state index is 12.3. The lowest BCUT2D eigenvalue weighted by Crippen LogP contribution is -2.58. The second kappa shape index (κ2) is 6.99. The molecule has 19 heavy (non-hydrogen) atoms. The SMILES string of the molecule is COCCNS(=O)(=O)N(C)C1(CN)CCC(C)CC1. The summed E-state index contributed by atoms with van der Waals surface area (Å²) in [5.74, 6) is 0.650. The molecule has 1 aliphatic carbocycles. The standard InChI is InChI=1S/C12H27N3O3S/c1-11-4-6-12(10-13,7-5-11)15(2)19(16,17)14-8-9-18-3/h11,14H,4-10,13H2,1-3H3. The average Bonchev–Trinajstić information content (AvgIpc) is 2.39. The average molecular weight is 293 g/mol. The molecule has 0 amide bonds. The number of hydrogen-bond donors (Lipinski definition) is 2. The van der Waals surface area contributed by atoms with Crippen LogP contribution in [0, 0.1) is 5.92 Å². The summed E-state index contributed by atoms with van der Waals surface area (Å²) in [6.07, 6.45) is 3.70. The first-order valence-electron chi connectivity index (χ1n) is 6.80. The predicted molar refractivity (Wildman–Crippen MR) is 76.0 cm³/mol. The minimum absolute atomic E-state index is 0.278. The highest BCUT2D eigenvalue weighted by Crippen LogP contribution is 2.36. The Kier molecular flexibility index (Phi) is 6.19. The molecule has 0 radical (unpaired) electrons. The molecule has 0 atom stereocenters. The van der Waals surface area contributed by atoms with Crippen molar-refractivity contribution in [3.63, 3.8) is 0 Å². The second-order valence-electron chi connectivity index (χ2n) is 5.47. The molecular formula is C12H27N3O3S. The minimum atomic E-state index is -3.50. The Morgan fingerprint density at radius 2 is 2.00 bits per heavy atom. The quantitative estimate of drug-likeness (QED) is 0.662. The van der Waals surface area contributed by atoms with E-state index in [1.165, 1.54) is 4.31 Å². The predicted octanol–water partition coefficient (Wildman–Crippen LogP) is 0.307. The van der Waals surface area contributed by atoms with E-state index in [1.54, 1.807) is 14.2 Å². The number of nitrogens with zero attached hydrogens (tertiary/aromatic N) is 1. The van der Waals surface area contributed by atoms with E-state index in [2.05, 4.69) is 11.6 Å². The van der Waals surface area contributed by atoms with E-state index < -0.39 is 15.7 Å². The monoisotopic (exact) mass is 293 g/mol. The van der Waals surface area contributed by atoms with Crippen LogP contribution >= 0.6 is 0 Å². The fourth-order valence-electron chi connectivity index (χ4n) is 2.57. The van der Waals surface area contributed by atoms with Gasteiger partial charge in [-0.25, -0.2) is 0 Å². The van der Waals surface area contributed by atoms with Gasteiger partial charge in [0.1, 0.15) is 0 Å². The van der Waals surface area contributed by atoms with Crippen molar-refractivity contribution in [2.24, 2.45) is 11.7 Å². The Bertz CT molecular complexity index is 364. The molecule has 0 bridgehead atoms. The zero-order valence-corrected chi connectivity index (χ0v) is 13.0. The molecule has 1 saturated carbocycles. The molecule has 0 aromatic carbocycles. The highest BCUT2D eigenvalue weighted by Gasteiger charge is 2.41. The van der Waals surface area contributed by atoms with Crippen molar-refractivity contribution in [1.29, 1.82) is 0 Å². The lowest BCUT2D eigenvalue weighted by molar-refractivity contribution is 0.133. The highest BCUT2D eigenvalue weighted by atomic mass is 32.2. The smallest absolute Gasteiger partial charge is 0.279 e. The van der Waals surface area contributed by atoms with E-state index >= 15 is 0 Å². The number of ether oxygens (including phenoxy) is 1. The summed E-state index contributed by atoms with van der Waals surface area (Å²) in [5, 5.41) is 0. The lowest BCUT2D eigenvalue weighted by Gasteiger charge is -2.44. The molecule has 0 saturated heterocycles. The topological polar surface area (TPSA) is 84.7 Å². The van der Waals surface area contributed by atoms with Crippen LogP contribution in [0.5, 0.6) is 0 Å². The normalized spacial score (nSPS) is 28.8. The van der Waals surface area contributed by atoms with E-state index in [-0.39, 0.29) is 6.54 Å². The molecule has 3 N–H and O–H groups in total. The van der Waals surface area contributed by atoms with Crippen molar-refractivity contribution < 1.29 is 13.2 Å². The summed E-state index contributed by atoms with van der Waals surface area (Å²) >= 11 is 0. The second-order valence-corrected chi connectivity index (χ2v) is 7.26. The summed E-state index contributed by atoms with van der Waals surface area (Å²) in [6.45, 7) is 3.20. The highest BCUT2D eigenvalue weighted by molar-refractivity contribution is 7.87. The maximum Gasteiger partial charge on any atom is 0.279 e. The number of nitrogens with one attached hydrogen (secondary N) is 1. The molecule has 114 valence electrons. The largest absolute Gasteiger partial charge is 0.383 e. The lowest BCUT2D eigenvalue weighted by atomic mass is 9.77. The van der Waals surface area contributed by atoms with Crippen LogP contribution in [0.3, 0.4) is 0 Å². The van der Waals surface area contributed by atoms with Crippen LogP contribution < -0.4 is 10.5 Å². The van der Waals surface area contributed by atoms with Gasteiger partial charge in [-0.3, -0.25) is 0 Å². The first kappa shape index (κ1) is 16.8. The first-order chi connectivity index (χ1) is 8.88. The fraction of sp³-hybridized carbons (Fsp3) is 1.00. The third kappa shape index (κ3) is 4.13. The molecular weight excluding hydrogens is 266 g/mol.